The minimum atomic E-state index is -1.53. The molecule has 6 atom stereocenters. The Morgan fingerprint density at radius 1 is 1.26 bits per heavy atom. The SMILES string of the molecule is CN=C(N)N1C=C[C@H](CNCCO)[C@@]2(C1)[C@@H]1CC[C@@H](C)[C@]23C[C@](O)(COC2CCCCC2)C(C(=O)O)=C3C1. The predicted octanol–water partition coefficient (Wildman–Crippen LogP) is 2.25. The molecule has 4 aliphatic carbocycles. The van der Waals surface area contributed by atoms with Crippen LogP contribution >= 0.6 is 0 Å². The number of guanidine groups is 1. The second-order valence-corrected chi connectivity index (χ2v) is 12.4. The van der Waals surface area contributed by atoms with Gasteiger partial charge >= 0.3 is 5.97 Å². The molecule has 212 valence electrons. The van der Waals surface area contributed by atoms with E-state index >= 15 is 0 Å². The van der Waals surface area contributed by atoms with Crippen LogP contribution in [-0.4, -0.2) is 83.7 Å². The van der Waals surface area contributed by atoms with Gasteiger partial charge in [-0.1, -0.05) is 32.3 Å². The second kappa shape index (κ2) is 10.6. The highest BCUT2D eigenvalue weighted by Crippen LogP contribution is 2.77. The highest BCUT2D eigenvalue weighted by molar-refractivity contribution is 5.92. The van der Waals surface area contributed by atoms with E-state index in [1.54, 1.807) is 7.05 Å². The first-order chi connectivity index (χ1) is 18.2. The molecule has 0 saturated heterocycles. The van der Waals surface area contributed by atoms with Crippen LogP contribution in [0.4, 0.5) is 0 Å². The number of allylic oxidation sites excluding steroid dienone is 1. The van der Waals surface area contributed by atoms with E-state index in [1.807, 2.05) is 11.1 Å². The summed E-state index contributed by atoms with van der Waals surface area (Å²) in [5.41, 5.74) is 5.12. The number of carbonyl (C=O) groups is 1. The number of ether oxygens (including phenoxy) is 1. The average molecular weight is 531 g/mol. The molecule has 0 unspecified atom stereocenters. The van der Waals surface area contributed by atoms with Gasteiger partial charge in [-0.15, -0.1) is 0 Å². The summed E-state index contributed by atoms with van der Waals surface area (Å²) >= 11 is 0. The van der Waals surface area contributed by atoms with Crippen molar-refractivity contribution < 1.29 is 24.9 Å². The first-order valence-electron chi connectivity index (χ1n) is 14.5. The molecule has 1 heterocycles. The Labute approximate surface area is 226 Å². The fourth-order valence-electron chi connectivity index (χ4n) is 9.22. The molecule has 5 aliphatic rings. The molecule has 9 nitrogen and oxygen atoms in total. The maximum atomic E-state index is 12.9. The van der Waals surface area contributed by atoms with Gasteiger partial charge < -0.3 is 36.0 Å². The van der Waals surface area contributed by atoms with Crippen molar-refractivity contribution in [1.29, 1.82) is 0 Å². The van der Waals surface area contributed by atoms with Gasteiger partial charge in [0, 0.05) is 43.7 Å². The number of nitrogens with zero attached hydrogens (tertiary/aromatic N) is 2. The molecule has 3 fully saturated rings. The minimum Gasteiger partial charge on any atom is -0.478 e. The molecule has 2 spiro atoms. The molecule has 38 heavy (non-hydrogen) atoms. The number of aliphatic carboxylic acids is 1. The summed E-state index contributed by atoms with van der Waals surface area (Å²) in [6.45, 7) is 4.13. The van der Waals surface area contributed by atoms with Crippen molar-refractivity contribution in [2.45, 2.75) is 76.4 Å². The maximum Gasteiger partial charge on any atom is 0.334 e. The van der Waals surface area contributed by atoms with Gasteiger partial charge in [0.05, 0.1) is 24.9 Å². The van der Waals surface area contributed by atoms with E-state index in [1.165, 1.54) is 6.42 Å². The lowest BCUT2D eigenvalue weighted by Crippen LogP contribution is -2.62. The van der Waals surface area contributed by atoms with Gasteiger partial charge in [0.15, 0.2) is 5.96 Å². The third-order valence-electron chi connectivity index (χ3n) is 10.8. The molecule has 0 aromatic heterocycles. The van der Waals surface area contributed by atoms with Crippen molar-refractivity contribution in [3.05, 3.63) is 23.4 Å². The number of aliphatic hydroxyl groups is 2. The van der Waals surface area contributed by atoms with E-state index < -0.39 is 17.0 Å². The van der Waals surface area contributed by atoms with Crippen LogP contribution in [0.3, 0.4) is 0 Å². The normalized spacial score (nSPS) is 39.3. The standard InChI is InChI=1S/C29H46N4O5/c1-19-8-9-20-14-23-24(25(35)36)27(37,18-38-22-6-4-3-5-7-22)16-28(19,23)29(20)17-33(26(30)31-2)12-10-21(29)15-32-11-13-34/h10,12,19-22,32,34,37H,3-9,11,13-18H2,1-2H3,(H2,30,31)(H,35,36)/t19-,20-,21-,27+,28+,29-/m1/s1. The van der Waals surface area contributed by atoms with Gasteiger partial charge in [-0.2, -0.15) is 0 Å². The van der Waals surface area contributed by atoms with E-state index in [4.69, 9.17) is 10.5 Å². The van der Waals surface area contributed by atoms with Gasteiger partial charge in [-0.3, -0.25) is 4.99 Å². The lowest BCUT2D eigenvalue weighted by Gasteiger charge is -2.61. The van der Waals surface area contributed by atoms with Crippen molar-refractivity contribution in [2.24, 2.45) is 39.3 Å². The zero-order chi connectivity index (χ0) is 27.1. The lowest BCUT2D eigenvalue weighted by atomic mass is 9.46. The highest BCUT2D eigenvalue weighted by Gasteiger charge is 2.75. The quantitative estimate of drug-likeness (QED) is 0.183. The number of rotatable bonds is 8. The first-order valence-corrected chi connectivity index (χ1v) is 14.5. The number of nitrogens with two attached hydrogens (primary N) is 1. The smallest absolute Gasteiger partial charge is 0.334 e. The van der Waals surface area contributed by atoms with Gasteiger partial charge in [0.25, 0.3) is 0 Å². The molecule has 3 saturated carbocycles. The van der Waals surface area contributed by atoms with Crippen LogP contribution in [0.25, 0.3) is 0 Å². The Balaban J connectivity index is 1.59. The Morgan fingerprint density at radius 2 is 2.03 bits per heavy atom. The van der Waals surface area contributed by atoms with E-state index in [-0.39, 0.29) is 48.1 Å². The summed E-state index contributed by atoms with van der Waals surface area (Å²) < 4.78 is 6.29. The van der Waals surface area contributed by atoms with Crippen LogP contribution < -0.4 is 11.1 Å². The molecule has 9 heteroatoms. The number of aliphatic imine (C=N–C) groups is 1. The number of hydrogen-bond donors (Lipinski definition) is 5. The van der Waals surface area contributed by atoms with Crippen molar-refractivity contribution in [3.63, 3.8) is 0 Å². The summed E-state index contributed by atoms with van der Waals surface area (Å²) in [5, 5.41) is 35.6. The van der Waals surface area contributed by atoms with Gasteiger partial charge in [0.2, 0.25) is 0 Å². The summed E-state index contributed by atoms with van der Waals surface area (Å²) in [4.78, 5) is 19.2. The Morgan fingerprint density at radius 3 is 2.71 bits per heavy atom. The monoisotopic (exact) mass is 530 g/mol. The Bertz CT molecular complexity index is 1010. The van der Waals surface area contributed by atoms with Crippen LogP contribution in [0.2, 0.25) is 0 Å². The summed E-state index contributed by atoms with van der Waals surface area (Å²) in [6, 6.07) is 0. The average Bonchev–Trinajstić information content (AvgIpc) is 3.26. The molecule has 0 aromatic carbocycles. The molecule has 2 bridgehead atoms. The molecule has 1 aliphatic heterocycles. The predicted molar refractivity (Wildman–Crippen MR) is 145 cm³/mol. The molecule has 0 amide bonds. The third-order valence-corrected chi connectivity index (χ3v) is 10.8. The van der Waals surface area contributed by atoms with Crippen molar-refractivity contribution in [2.75, 3.05) is 39.9 Å². The highest BCUT2D eigenvalue weighted by atomic mass is 16.5. The molecular formula is C29H46N4O5. The van der Waals surface area contributed by atoms with Crippen LogP contribution in [0.1, 0.15) is 64.7 Å². The van der Waals surface area contributed by atoms with E-state index in [2.05, 4.69) is 23.3 Å². The number of aliphatic hydroxyl groups excluding tert-OH is 1. The molecular weight excluding hydrogens is 484 g/mol. The van der Waals surface area contributed by atoms with Crippen molar-refractivity contribution in [3.8, 4) is 0 Å². The zero-order valence-electron chi connectivity index (χ0n) is 23.0. The largest absolute Gasteiger partial charge is 0.478 e. The molecule has 6 N–H and O–H groups in total. The van der Waals surface area contributed by atoms with E-state index in [0.29, 0.717) is 38.4 Å². The Kier molecular flexibility index (Phi) is 7.68. The summed E-state index contributed by atoms with van der Waals surface area (Å²) in [7, 11) is 1.69. The number of carboxylic acid groups (broad SMARTS) is 1. The minimum absolute atomic E-state index is 0.0313. The van der Waals surface area contributed by atoms with Crippen LogP contribution in [0.5, 0.6) is 0 Å². The van der Waals surface area contributed by atoms with Crippen molar-refractivity contribution in [1.82, 2.24) is 10.2 Å². The molecule has 0 radical (unpaired) electrons. The zero-order valence-corrected chi connectivity index (χ0v) is 23.0. The van der Waals surface area contributed by atoms with E-state index in [9.17, 15) is 20.1 Å². The molecule has 0 aromatic rings. The molecule has 5 rings (SSSR count). The van der Waals surface area contributed by atoms with Crippen LogP contribution in [0.15, 0.2) is 28.4 Å². The fraction of sp³-hybridized carbons (Fsp3) is 0.793. The summed E-state index contributed by atoms with van der Waals surface area (Å²) in [6.07, 6.45) is 12.7. The second-order valence-electron chi connectivity index (χ2n) is 12.4. The maximum absolute atomic E-state index is 12.9. The third kappa shape index (κ3) is 4.12. The van der Waals surface area contributed by atoms with Crippen LogP contribution in [0, 0.1) is 28.6 Å². The Hall–Kier alpha value is -1.94. The van der Waals surface area contributed by atoms with E-state index in [0.717, 1.165) is 44.1 Å². The van der Waals surface area contributed by atoms with Gasteiger partial charge in [-0.25, -0.2) is 4.79 Å². The number of nitrogens with one attached hydrogen (secondary N) is 1. The van der Waals surface area contributed by atoms with Crippen LogP contribution in [-0.2, 0) is 9.53 Å². The summed E-state index contributed by atoms with van der Waals surface area (Å²) in [5.74, 6) is -0.0202. The first kappa shape index (κ1) is 27.6. The van der Waals surface area contributed by atoms with Gasteiger partial charge in [-0.05, 0) is 61.9 Å². The number of hydrogen-bond acceptors (Lipinski definition) is 6. The topological polar surface area (TPSA) is 141 Å². The number of carboxylic acids is 1. The van der Waals surface area contributed by atoms with Gasteiger partial charge in [0.1, 0.15) is 5.60 Å². The van der Waals surface area contributed by atoms with Crippen molar-refractivity contribution >= 4 is 11.9 Å². The lowest BCUT2D eigenvalue weighted by molar-refractivity contribution is -0.142. The fourth-order valence-corrected chi connectivity index (χ4v) is 9.22.